The van der Waals surface area contributed by atoms with Crippen molar-refractivity contribution in [2.24, 2.45) is 5.92 Å². The predicted octanol–water partition coefficient (Wildman–Crippen LogP) is 3.72. The molecule has 0 aliphatic heterocycles. The Morgan fingerprint density at radius 2 is 1.62 bits per heavy atom. The lowest BCUT2D eigenvalue weighted by Crippen LogP contribution is -2.23. The lowest BCUT2D eigenvalue weighted by Gasteiger charge is -2.17. The standard InChI is InChI=1S/C17H18F3N/c1-21-11-14(7-12-3-2-4-15(18)9-12)8-13-5-6-16(19)17(20)10-13/h2-6,9-10,14,21H,7-8,11H2,1H3. The molecule has 0 bridgehead atoms. The molecule has 1 nitrogen and oxygen atoms in total. The Kier molecular flexibility index (Phi) is 5.39. The van der Waals surface area contributed by atoms with Crippen LogP contribution in [0.15, 0.2) is 42.5 Å². The molecule has 0 fully saturated rings. The number of nitrogens with one attached hydrogen (secondary N) is 1. The first-order valence-corrected chi connectivity index (χ1v) is 6.91. The summed E-state index contributed by atoms with van der Waals surface area (Å²) in [5.74, 6) is -1.75. The Morgan fingerprint density at radius 1 is 0.905 bits per heavy atom. The highest BCUT2D eigenvalue weighted by atomic mass is 19.2. The average molecular weight is 293 g/mol. The summed E-state index contributed by atoms with van der Waals surface area (Å²) in [5.41, 5.74) is 1.64. The Balaban J connectivity index is 2.09. The largest absolute Gasteiger partial charge is 0.319 e. The van der Waals surface area contributed by atoms with Gasteiger partial charge in [0.1, 0.15) is 5.82 Å². The summed E-state index contributed by atoms with van der Waals surface area (Å²) >= 11 is 0. The van der Waals surface area contributed by atoms with E-state index in [-0.39, 0.29) is 11.7 Å². The van der Waals surface area contributed by atoms with Crippen molar-refractivity contribution < 1.29 is 13.2 Å². The Labute approximate surface area is 122 Å². The van der Waals surface area contributed by atoms with Gasteiger partial charge in [0.2, 0.25) is 0 Å². The first-order valence-electron chi connectivity index (χ1n) is 6.91. The highest BCUT2D eigenvalue weighted by molar-refractivity contribution is 5.20. The van der Waals surface area contributed by atoms with E-state index in [2.05, 4.69) is 5.32 Å². The lowest BCUT2D eigenvalue weighted by molar-refractivity contribution is 0.482. The smallest absolute Gasteiger partial charge is 0.159 e. The fourth-order valence-corrected chi connectivity index (χ4v) is 2.50. The minimum absolute atomic E-state index is 0.182. The molecular formula is C17H18F3N. The molecule has 0 spiro atoms. The molecule has 1 unspecified atom stereocenters. The Morgan fingerprint density at radius 3 is 2.24 bits per heavy atom. The van der Waals surface area contributed by atoms with E-state index in [0.29, 0.717) is 12.8 Å². The molecule has 4 heteroatoms. The summed E-state index contributed by atoms with van der Waals surface area (Å²) in [6.07, 6.45) is 1.28. The number of rotatable bonds is 6. The van der Waals surface area contributed by atoms with Crippen molar-refractivity contribution in [3.05, 3.63) is 71.0 Å². The fraction of sp³-hybridized carbons (Fsp3) is 0.294. The van der Waals surface area contributed by atoms with Gasteiger partial charge in [0.25, 0.3) is 0 Å². The minimum Gasteiger partial charge on any atom is -0.319 e. The van der Waals surface area contributed by atoms with Crippen molar-refractivity contribution in [2.75, 3.05) is 13.6 Å². The number of benzene rings is 2. The van der Waals surface area contributed by atoms with Crippen LogP contribution in [-0.4, -0.2) is 13.6 Å². The molecule has 0 aliphatic carbocycles. The maximum Gasteiger partial charge on any atom is 0.159 e. The second-order valence-corrected chi connectivity index (χ2v) is 5.21. The molecule has 0 radical (unpaired) electrons. The highest BCUT2D eigenvalue weighted by Crippen LogP contribution is 2.17. The summed E-state index contributed by atoms with van der Waals surface area (Å²) in [6, 6.07) is 10.4. The second-order valence-electron chi connectivity index (χ2n) is 5.21. The van der Waals surface area contributed by atoms with E-state index in [4.69, 9.17) is 0 Å². The zero-order chi connectivity index (χ0) is 15.2. The van der Waals surface area contributed by atoms with Crippen LogP contribution in [0.1, 0.15) is 11.1 Å². The molecule has 2 aromatic rings. The summed E-state index contributed by atoms with van der Waals surface area (Å²) in [5, 5.41) is 3.09. The summed E-state index contributed by atoms with van der Waals surface area (Å²) in [7, 11) is 1.84. The Bertz CT molecular complexity index is 598. The molecule has 0 aliphatic rings. The van der Waals surface area contributed by atoms with E-state index in [0.717, 1.165) is 23.7 Å². The topological polar surface area (TPSA) is 12.0 Å². The van der Waals surface area contributed by atoms with E-state index in [9.17, 15) is 13.2 Å². The van der Waals surface area contributed by atoms with Crippen LogP contribution in [-0.2, 0) is 12.8 Å². The maximum absolute atomic E-state index is 13.3. The Hall–Kier alpha value is -1.81. The lowest BCUT2D eigenvalue weighted by atomic mass is 9.92. The molecule has 112 valence electrons. The van der Waals surface area contributed by atoms with Gasteiger partial charge in [0, 0.05) is 0 Å². The molecule has 1 N–H and O–H groups in total. The predicted molar refractivity (Wildman–Crippen MR) is 77.6 cm³/mol. The van der Waals surface area contributed by atoms with Gasteiger partial charge in [-0.3, -0.25) is 0 Å². The van der Waals surface area contributed by atoms with Gasteiger partial charge >= 0.3 is 0 Å². The van der Waals surface area contributed by atoms with Gasteiger partial charge in [-0.05, 0) is 67.7 Å². The van der Waals surface area contributed by atoms with Gasteiger partial charge in [0.05, 0.1) is 0 Å². The number of halogens is 3. The molecular weight excluding hydrogens is 275 g/mol. The van der Waals surface area contributed by atoms with Crippen LogP contribution in [0, 0.1) is 23.4 Å². The van der Waals surface area contributed by atoms with Crippen LogP contribution in [0.5, 0.6) is 0 Å². The van der Waals surface area contributed by atoms with E-state index in [1.165, 1.54) is 18.2 Å². The number of hydrogen-bond donors (Lipinski definition) is 1. The SMILES string of the molecule is CNCC(Cc1cccc(F)c1)Cc1ccc(F)c(F)c1. The zero-order valence-electron chi connectivity index (χ0n) is 11.9. The van der Waals surface area contributed by atoms with Crippen molar-refractivity contribution in [1.82, 2.24) is 5.32 Å². The van der Waals surface area contributed by atoms with Gasteiger partial charge in [-0.15, -0.1) is 0 Å². The van der Waals surface area contributed by atoms with Crippen molar-refractivity contribution in [2.45, 2.75) is 12.8 Å². The van der Waals surface area contributed by atoms with Crippen molar-refractivity contribution in [3.8, 4) is 0 Å². The van der Waals surface area contributed by atoms with Crippen LogP contribution in [0.4, 0.5) is 13.2 Å². The third kappa shape index (κ3) is 4.60. The molecule has 0 heterocycles. The third-order valence-corrected chi connectivity index (χ3v) is 3.41. The van der Waals surface area contributed by atoms with E-state index >= 15 is 0 Å². The summed E-state index contributed by atoms with van der Waals surface area (Å²) in [4.78, 5) is 0. The van der Waals surface area contributed by atoms with Gasteiger partial charge in [0.15, 0.2) is 11.6 Å². The van der Waals surface area contributed by atoms with E-state index < -0.39 is 11.6 Å². The molecule has 2 aromatic carbocycles. The first-order chi connectivity index (χ1) is 10.1. The normalized spacial score (nSPS) is 12.4. The van der Waals surface area contributed by atoms with Crippen LogP contribution >= 0.6 is 0 Å². The fourth-order valence-electron chi connectivity index (χ4n) is 2.50. The average Bonchev–Trinajstić information content (AvgIpc) is 2.43. The second kappa shape index (κ2) is 7.27. The van der Waals surface area contributed by atoms with Crippen molar-refractivity contribution in [3.63, 3.8) is 0 Å². The van der Waals surface area contributed by atoms with Crippen LogP contribution in [0.3, 0.4) is 0 Å². The van der Waals surface area contributed by atoms with Gasteiger partial charge in [-0.25, -0.2) is 13.2 Å². The van der Waals surface area contributed by atoms with Gasteiger partial charge < -0.3 is 5.32 Å². The van der Waals surface area contributed by atoms with Crippen molar-refractivity contribution >= 4 is 0 Å². The van der Waals surface area contributed by atoms with Crippen molar-refractivity contribution in [1.29, 1.82) is 0 Å². The molecule has 0 aromatic heterocycles. The molecule has 0 saturated heterocycles. The van der Waals surface area contributed by atoms with Crippen LogP contribution < -0.4 is 5.32 Å². The van der Waals surface area contributed by atoms with Gasteiger partial charge in [-0.2, -0.15) is 0 Å². The maximum atomic E-state index is 13.3. The third-order valence-electron chi connectivity index (χ3n) is 3.41. The summed E-state index contributed by atoms with van der Waals surface area (Å²) in [6.45, 7) is 0.718. The molecule has 2 rings (SSSR count). The highest BCUT2D eigenvalue weighted by Gasteiger charge is 2.12. The quantitative estimate of drug-likeness (QED) is 0.856. The molecule has 21 heavy (non-hydrogen) atoms. The molecule has 0 amide bonds. The summed E-state index contributed by atoms with van der Waals surface area (Å²) < 4.78 is 39.4. The van der Waals surface area contributed by atoms with E-state index in [1.807, 2.05) is 13.1 Å². The van der Waals surface area contributed by atoms with Crippen LogP contribution in [0.25, 0.3) is 0 Å². The minimum atomic E-state index is -0.839. The molecule has 0 saturated carbocycles. The van der Waals surface area contributed by atoms with Gasteiger partial charge in [-0.1, -0.05) is 18.2 Å². The monoisotopic (exact) mass is 293 g/mol. The number of hydrogen-bond acceptors (Lipinski definition) is 1. The van der Waals surface area contributed by atoms with Crippen LogP contribution in [0.2, 0.25) is 0 Å². The zero-order valence-corrected chi connectivity index (χ0v) is 11.9. The van der Waals surface area contributed by atoms with E-state index in [1.54, 1.807) is 12.1 Å². The first kappa shape index (κ1) is 15.6. The molecule has 1 atom stereocenters.